The van der Waals surface area contributed by atoms with E-state index in [0.29, 0.717) is 0 Å². The van der Waals surface area contributed by atoms with E-state index in [2.05, 4.69) is 4.90 Å². The molecule has 0 saturated carbocycles. The summed E-state index contributed by atoms with van der Waals surface area (Å²) in [5, 5.41) is 0.852. The summed E-state index contributed by atoms with van der Waals surface area (Å²) in [5.41, 5.74) is 0.164. The number of rotatable bonds is 5. The number of unbranched alkanes of at least 4 members (excludes halogenated alkanes) is 1. The number of ether oxygens (including phenoxy) is 1. The van der Waals surface area contributed by atoms with E-state index in [0.717, 1.165) is 62.3 Å². The van der Waals surface area contributed by atoms with Crippen LogP contribution in [-0.2, 0) is 11.3 Å². The van der Waals surface area contributed by atoms with E-state index in [1.54, 1.807) is 11.5 Å². The van der Waals surface area contributed by atoms with Crippen molar-refractivity contribution in [2.75, 3.05) is 32.8 Å². The minimum absolute atomic E-state index is 0.164. The Morgan fingerprint density at radius 2 is 1.85 bits per heavy atom. The standard InChI is InChI=1S/C15H20N2O2S/c18-15-13-5-1-2-6-14(13)20-17(15)8-4-3-7-16-9-11-19-12-10-16/h1-2,5-6H,3-4,7-12H2. The third-order valence-corrected chi connectivity index (χ3v) is 4.86. The van der Waals surface area contributed by atoms with Crippen molar-refractivity contribution in [1.82, 2.24) is 8.86 Å². The fourth-order valence-electron chi connectivity index (χ4n) is 2.58. The first-order chi connectivity index (χ1) is 9.84. The van der Waals surface area contributed by atoms with Crippen LogP contribution < -0.4 is 5.56 Å². The second kappa shape index (κ2) is 6.52. The molecule has 1 aliphatic rings. The van der Waals surface area contributed by atoms with Gasteiger partial charge in [-0.1, -0.05) is 23.7 Å². The van der Waals surface area contributed by atoms with Crippen LogP contribution in [-0.4, -0.2) is 41.7 Å². The highest BCUT2D eigenvalue weighted by molar-refractivity contribution is 7.13. The molecule has 0 N–H and O–H groups in total. The summed E-state index contributed by atoms with van der Waals surface area (Å²) in [5.74, 6) is 0. The molecular weight excluding hydrogens is 272 g/mol. The van der Waals surface area contributed by atoms with Crippen molar-refractivity contribution in [3.8, 4) is 0 Å². The zero-order valence-electron chi connectivity index (χ0n) is 11.6. The first-order valence-electron chi connectivity index (χ1n) is 7.23. The Morgan fingerprint density at radius 3 is 2.65 bits per heavy atom. The van der Waals surface area contributed by atoms with Crippen molar-refractivity contribution >= 4 is 21.6 Å². The molecule has 1 aromatic heterocycles. The Morgan fingerprint density at radius 1 is 1.10 bits per heavy atom. The third kappa shape index (κ3) is 3.11. The molecule has 4 nitrogen and oxygen atoms in total. The van der Waals surface area contributed by atoms with Crippen molar-refractivity contribution in [3.63, 3.8) is 0 Å². The van der Waals surface area contributed by atoms with Crippen LogP contribution in [0.15, 0.2) is 29.1 Å². The van der Waals surface area contributed by atoms with Gasteiger partial charge in [-0.25, -0.2) is 0 Å². The average molecular weight is 292 g/mol. The van der Waals surface area contributed by atoms with Gasteiger partial charge in [0.15, 0.2) is 0 Å². The summed E-state index contributed by atoms with van der Waals surface area (Å²) in [6.45, 7) is 5.75. The molecule has 5 heteroatoms. The highest BCUT2D eigenvalue weighted by Gasteiger charge is 2.10. The monoisotopic (exact) mass is 292 g/mol. The topological polar surface area (TPSA) is 34.5 Å². The molecule has 108 valence electrons. The van der Waals surface area contributed by atoms with Gasteiger partial charge in [-0.2, -0.15) is 0 Å². The van der Waals surface area contributed by atoms with Crippen molar-refractivity contribution in [2.24, 2.45) is 0 Å². The highest BCUT2D eigenvalue weighted by atomic mass is 32.1. The van der Waals surface area contributed by atoms with Crippen LogP contribution in [0.25, 0.3) is 10.1 Å². The van der Waals surface area contributed by atoms with Gasteiger partial charge in [-0.05, 0) is 31.5 Å². The molecule has 20 heavy (non-hydrogen) atoms. The van der Waals surface area contributed by atoms with Gasteiger partial charge >= 0.3 is 0 Å². The van der Waals surface area contributed by atoms with E-state index in [9.17, 15) is 4.79 Å². The molecular formula is C15H20N2O2S. The average Bonchev–Trinajstić information content (AvgIpc) is 2.82. The molecule has 0 unspecified atom stereocenters. The van der Waals surface area contributed by atoms with Crippen LogP contribution in [0.2, 0.25) is 0 Å². The number of morpholine rings is 1. The van der Waals surface area contributed by atoms with E-state index in [1.807, 2.05) is 28.2 Å². The summed E-state index contributed by atoms with van der Waals surface area (Å²) in [7, 11) is 0. The van der Waals surface area contributed by atoms with Gasteiger partial charge in [0.05, 0.1) is 23.3 Å². The lowest BCUT2D eigenvalue weighted by Crippen LogP contribution is -2.36. The lowest BCUT2D eigenvalue weighted by atomic mass is 10.2. The molecule has 1 aliphatic heterocycles. The molecule has 1 saturated heterocycles. The van der Waals surface area contributed by atoms with E-state index in [4.69, 9.17) is 4.74 Å². The van der Waals surface area contributed by atoms with Crippen LogP contribution in [0.3, 0.4) is 0 Å². The lowest BCUT2D eigenvalue weighted by molar-refractivity contribution is 0.0371. The van der Waals surface area contributed by atoms with Crippen LogP contribution >= 0.6 is 11.5 Å². The Hall–Kier alpha value is -1.17. The molecule has 0 bridgehead atoms. The fourth-order valence-corrected chi connectivity index (χ4v) is 3.61. The van der Waals surface area contributed by atoms with E-state index < -0.39 is 0 Å². The predicted molar refractivity (Wildman–Crippen MR) is 82.6 cm³/mol. The Bertz CT molecular complexity index is 614. The zero-order chi connectivity index (χ0) is 13.8. The van der Waals surface area contributed by atoms with Gasteiger partial charge in [-0.3, -0.25) is 13.7 Å². The van der Waals surface area contributed by atoms with Crippen LogP contribution in [0, 0.1) is 0 Å². The van der Waals surface area contributed by atoms with Gasteiger partial charge in [-0.15, -0.1) is 0 Å². The Kier molecular flexibility index (Phi) is 4.50. The fraction of sp³-hybridized carbons (Fsp3) is 0.533. The molecule has 0 aliphatic carbocycles. The maximum atomic E-state index is 12.2. The summed E-state index contributed by atoms with van der Waals surface area (Å²) in [6, 6.07) is 7.85. The molecule has 1 fully saturated rings. The Labute approximate surface area is 122 Å². The minimum Gasteiger partial charge on any atom is -0.379 e. The van der Waals surface area contributed by atoms with Crippen molar-refractivity contribution in [1.29, 1.82) is 0 Å². The molecule has 2 aromatic rings. The van der Waals surface area contributed by atoms with Crippen LogP contribution in [0.1, 0.15) is 12.8 Å². The quantitative estimate of drug-likeness (QED) is 0.792. The van der Waals surface area contributed by atoms with Crippen molar-refractivity contribution in [3.05, 3.63) is 34.6 Å². The maximum absolute atomic E-state index is 12.2. The van der Waals surface area contributed by atoms with Gasteiger partial charge in [0.2, 0.25) is 0 Å². The minimum atomic E-state index is 0.164. The first kappa shape index (κ1) is 13.8. The molecule has 0 amide bonds. The smallest absolute Gasteiger partial charge is 0.268 e. The largest absolute Gasteiger partial charge is 0.379 e. The summed E-state index contributed by atoms with van der Waals surface area (Å²) < 4.78 is 8.32. The number of hydrogen-bond donors (Lipinski definition) is 0. The van der Waals surface area contributed by atoms with Gasteiger partial charge in [0.1, 0.15) is 0 Å². The van der Waals surface area contributed by atoms with Crippen LogP contribution in [0.5, 0.6) is 0 Å². The third-order valence-electron chi connectivity index (χ3n) is 3.74. The molecule has 3 rings (SSSR count). The zero-order valence-corrected chi connectivity index (χ0v) is 12.4. The van der Waals surface area contributed by atoms with E-state index >= 15 is 0 Å². The highest BCUT2D eigenvalue weighted by Crippen LogP contribution is 2.16. The van der Waals surface area contributed by atoms with Gasteiger partial charge < -0.3 is 4.74 Å². The number of aryl methyl sites for hydroxylation is 1. The number of fused-ring (bicyclic) bond motifs is 1. The summed E-state index contributed by atoms with van der Waals surface area (Å²) in [4.78, 5) is 14.6. The predicted octanol–water partition coefficient (Wildman–Crippen LogP) is 2.18. The Balaban J connectivity index is 1.52. The number of benzene rings is 1. The SMILES string of the molecule is O=c1c2ccccc2sn1CCCCN1CCOCC1. The number of aromatic nitrogens is 1. The van der Waals surface area contributed by atoms with E-state index in [1.165, 1.54) is 0 Å². The van der Waals surface area contributed by atoms with Crippen LogP contribution in [0.4, 0.5) is 0 Å². The number of nitrogens with zero attached hydrogens (tertiary/aromatic N) is 2. The van der Waals surface area contributed by atoms with Crippen molar-refractivity contribution in [2.45, 2.75) is 19.4 Å². The molecule has 0 atom stereocenters. The molecule has 1 aromatic carbocycles. The normalized spacial score (nSPS) is 16.8. The second-order valence-corrected chi connectivity index (χ2v) is 6.22. The van der Waals surface area contributed by atoms with Crippen molar-refractivity contribution < 1.29 is 4.74 Å². The molecule has 0 radical (unpaired) electrons. The summed E-state index contributed by atoms with van der Waals surface area (Å²) >= 11 is 1.58. The molecule has 0 spiro atoms. The summed E-state index contributed by atoms with van der Waals surface area (Å²) in [6.07, 6.45) is 2.20. The van der Waals surface area contributed by atoms with Gasteiger partial charge in [0.25, 0.3) is 5.56 Å². The first-order valence-corrected chi connectivity index (χ1v) is 8.01. The lowest BCUT2D eigenvalue weighted by Gasteiger charge is -2.26. The maximum Gasteiger partial charge on any atom is 0.268 e. The second-order valence-electron chi connectivity index (χ2n) is 5.16. The number of hydrogen-bond acceptors (Lipinski definition) is 4. The van der Waals surface area contributed by atoms with E-state index in [-0.39, 0.29) is 5.56 Å². The molecule has 2 heterocycles. The van der Waals surface area contributed by atoms with Gasteiger partial charge in [0, 0.05) is 19.6 Å².